The largest absolute Gasteiger partial charge is 0.486 e. The summed E-state index contributed by atoms with van der Waals surface area (Å²) in [6.07, 6.45) is 0. The Balaban J connectivity index is 1.82. The predicted molar refractivity (Wildman–Crippen MR) is 87.3 cm³/mol. The van der Waals surface area contributed by atoms with Gasteiger partial charge < -0.3 is 9.47 Å². The zero-order valence-electron chi connectivity index (χ0n) is 13.4. The number of hydrogen-bond donors (Lipinski definition) is 1. The Labute approximate surface area is 140 Å². The Morgan fingerprint density at radius 1 is 1.08 bits per heavy atom. The minimum Gasteiger partial charge on any atom is -0.486 e. The zero-order chi connectivity index (χ0) is 17.3. The molecule has 1 N–H and O–H groups in total. The number of nitrogens with one attached hydrogen (secondary N) is 1. The molecule has 2 aromatic rings. The fraction of sp³-hybridized carbons (Fsp3) is 0.294. The maximum absolute atomic E-state index is 13.3. The highest BCUT2D eigenvalue weighted by atomic mass is 32.2. The molecule has 0 aliphatic carbocycles. The zero-order valence-corrected chi connectivity index (χ0v) is 14.2. The molecule has 0 fully saturated rings. The van der Waals surface area contributed by atoms with Gasteiger partial charge in [-0.3, -0.25) is 0 Å². The average molecular weight is 351 g/mol. The molecule has 1 atom stereocenters. The van der Waals surface area contributed by atoms with E-state index in [1.807, 2.05) is 0 Å². The Kier molecular flexibility index (Phi) is 4.47. The van der Waals surface area contributed by atoms with Crippen LogP contribution in [0.2, 0.25) is 0 Å². The molecule has 0 bridgehead atoms. The molecule has 0 radical (unpaired) electrons. The van der Waals surface area contributed by atoms with Crippen LogP contribution in [0, 0.1) is 12.7 Å². The van der Waals surface area contributed by atoms with Crippen molar-refractivity contribution >= 4 is 10.0 Å². The monoisotopic (exact) mass is 351 g/mol. The number of ether oxygens (including phenoxy) is 2. The van der Waals surface area contributed by atoms with Crippen molar-refractivity contribution in [3.05, 3.63) is 53.3 Å². The number of halogens is 1. The van der Waals surface area contributed by atoms with Gasteiger partial charge in [0.25, 0.3) is 0 Å². The number of benzene rings is 2. The second kappa shape index (κ2) is 6.41. The van der Waals surface area contributed by atoms with Gasteiger partial charge >= 0.3 is 0 Å². The smallest absolute Gasteiger partial charge is 0.241 e. The van der Waals surface area contributed by atoms with E-state index in [1.165, 1.54) is 19.1 Å². The summed E-state index contributed by atoms with van der Waals surface area (Å²) in [6, 6.07) is 8.55. The normalized spacial score (nSPS) is 15.1. The molecule has 0 amide bonds. The molecule has 1 heterocycles. The summed E-state index contributed by atoms with van der Waals surface area (Å²) in [5, 5.41) is 0. The van der Waals surface area contributed by atoms with Gasteiger partial charge in [0.1, 0.15) is 19.0 Å². The van der Waals surface area contributed by atoms with E-state index in [4.69, 9.17) is 9.47 Å². The number of rotatable bonds is 4. The molecule has 2 aromatic carbocycles. The topological polar surface area (TPSA) is 64.6 Å². The molecule has 3 rings (SSSR count). The third-order valence-corrected chi connectivity index (χ3v) is 5.38. The van der Waals surface area contributed by atoms with E-state index in [1.54, 1.807) is 25.1 Å². The van der Waals surface area contributed by atoms with E-state index >= 15 is 0 Å². The molecular weight excluding hydrogens is 333 g/mol. The number of sulfonamides is 1. The maximum Gasteiger partial charge on any atom is 0.241 e. The van der Waals surface area contributed by atoms with Gasteiger partial charge in [0.05, 0.1) is 4.90 Å². The number of aryl methyl sites for hydroxylation is 1. The van der Waals surface area contributed by atoms with Crippen molar-refractivity contribution in [2.24, 2.45) is 0 Å². The van der Waals surface area contributed by atoms with Crippen molar-refractivity contribution in [3.8, 4) is 11.5 Å². The van der Waals surface area contributed by atoms with Gasteiger partial charge in [0, 0.05) is 6.04 Å². The van der Waals surface area contributed by atoms with Gasteiger partial charge in [-0.05, 0) is 55.3 Å². The quantitative estimate of drug-likeness (QED) is 0.920. The summed E-state index contributed by atoms with van der Waals surface area (Å²) in [6.45, 7) is 4.22. The van der Waals surface area contributed by atoms with Crippen LogP contribution in [0.5, 0.6) is 11.5 Å². The van der Waals surface area contributed by atoms with Gasteiger partial charge in [-0.2, -0.15) is 0 Å². The fourth-order valence-electron chi connectivity index (χ4n) is 2.48. The van der Waals surface area contributed by atoms with Crippen LogP contribution < -0.4 is 14.2 Å². The van der Waals surface area contributed by atoms with Crippen molar-refractivity contribution in [2.45, 2.75) is 24.8 Å². The van der Waals surface area contributed by atoms with E-state index < -0.39 is 21.9 Å². The van der Waals surface area contributed by atoms with Gasteiger partial charge in [-0.15, -0.1) is 0 Å². The predicted octanol–water partition coefficient (Wildman–Crippen LogP) is 2.94. The Morgan fingerprint density at radius 3 is 2.50 bits per heavy atom. The minimum atomic E-state index is -3.76. The second-order valence-corrected chi connectivity index (χ2v) is 7.37. The number of fused-ring (bicyclic) bond motifs is 1. The van der Waals surface area contributed by atoms with Crippen molar-refractivity contribution in [1.82, 2.24) is 4.72 Å². The van der Waals surface area contributed by atoms with Crippen LogP contribution in [0.1, 0.15) is 24.1 Å². The first-order valence-corrected chi connectivity index (χ1v) is 9.03. The van der Waals surface area contributed by atoms with E-state index in [0.29, 0.717) is 24.7 Å². The van der Waals surface area contributed by atoms with Crippen LogP contribution in [-0.4, -0.2) is 21.6 Å². The molecule has 0 saturated carbocycles. The van der Waals surface area contributed by atoms with Crippen LogP contribution >= 0.6 is 0 Å². The summed E-state index contributed by atoms with van der Waals surface area (Å²) in [5.74, 6) is 0.811. The first kappa shape index (κ1) is 16.7. The Morgan fingerprint density at radius 2 is 1.79 bits per heavy atom. The summed E-state index contributed by atoms with van der Waals surface area (Å²) < 4.78 is 51.9. The fourth-order valence-corrected chi connectivity index (χ4v) is 3.80. The summed E-state index contributed by atoms with van der Waals surface area (Å²) >= 11 is 0. The van der Waals surface area contributed by atoms with Crippen molar-refractivity contribution < 1.29 is 22.3 Å². The van der Waals surface area contributed by atoms with Gasteiger partial charge in [0.15, 0.2) is 11.5 Å². The molecule has 24 heavy (non-hydrogen) atoms. The molecule has 1 unspecified atom stereocenters. The average Bonchev–Trinajstić information content (AvgIpc) is 2.56. The van der Waals surface area contributed by atoms with Crippen LogP contribution in [0.3, 0.4) is 0 Å². The highest BCUT2D eigenvalue weighted by Gasteiger charge is 2.21. The maximum atomic E-state index is 13.3. The lowest BCUT2D eigenvalue weighted by Gasteiger charge is -2.21. The molecule has 5 nitrogen and oxygen atoms in total. The molecule has 7 heteroatoms. The third-order valence-electron chi connectivity index (χ3n) is 3.84. The molecule has 0 aromatic heterocycles. The minimum absolute atomic E-state index is 0.0331. The first-order valence-electron chi connectivity index (χ1n) is 7.55. The molecule has 0 saturated heterocycles. The van der Waals surface area contributed by atoms with Crippen molar-refractivity contribution in [3.63, 3.8) is 0 Å². The lowest BCUT2D eigenvalue weighted by Crippen LogP contribution is -2.27. The molecule has 1 aliphatic rings. The molecule has 0 spiro atoms. The van der Waals surface area contributed by atoms with Crippen LogP contribution in [-0.2, 0) is 10.0 Å². The van der Waals surface area contributed by atoms with Gasteiger partial charge in [-0.25, -0.2) is 17.5 Å². The van der Waals surface area contributed by atoms with Gasteiger partial charge in [-0.1, -0.05) is 6.07 Å². The lowest BCUT2D eigenvalue weighted by molar-refractivity contribution is 0.171. The highest BCUT2D eigenvalue weighted by Crippen LogP contribution is 2.33. The van der Waals surface area contributed by atoms with E-state index in [0.717, 1.165) is 11.6 Å². The highest BCUT2D eigenvalue weighted by molar-refractivity contribution is 7.89. The standard InChI is InChI=1S/C17H18FNO4S/c1-11-9-14(4-5-15(11)18)24(20,21)19-12(2)13-3-6-16-17(10-13)23-8-7-22-16/h3-6,9-10,12,19H,7-8H2,1-2H3. The second-order valence-electron chi connectivity index (χ2n) is 5.66. The van der Waals surface area contributed by atoms with E-state index in [2.05, 4.69) is 4.72 Å². The summed E-state index contributed by atoms with van der Waals surface area (Å²) in [5.41, 5.74) is 1.03. The van der Waals surface area contributed by atoms with Crippen LogP contribution in [0.4, 0.5) is 4.39 Å². The lowest BCUT2D eigenvalue weighted by atomic mass is 10.1. The first-order chi connectivity index (χ1) is 11.4. The van der Waals surface area contributed by atoms with Crippen molar-refractivity contribution in [2.75, 3.05) is 13.2 Å². The van der Waals surface area contributed by atoms with Crippen molar-refractivity contribution in [1.29, 1.82) is 0 Å². The Bertz CT molecular complexity index is 867. The summed E-state index contributed by atoms with van der Waals surface area (Å²) in [7, 11) is -3.76. The molecule has 1 aliphatic heterocycles. The molecular formula is C17H18FNO4S. The Hall–Kier alpha value is -2.12. The number of hydrogen-bond acceptors (Lipinski definition) is 4. The van der Waals surface area contributed by atoms with Crippen LogP contribution in [0.15, 0.2) is 41.3 Å². The molecule has 128 valence electrons. The van der Waals surface area contributed by atoms with E-state index in [9.17, 15) is 12.8 Å². The van der Waals surface area contributed by atoms with E-state index in [-0.39, 0.29) is 10.5 Å². The van der Waals surface area contributed by atoms with Crippen LogP contribution in [0.25, 0.3) is 0 Å². The summed E-state index contributed by atoms with van der Waals surface area (Å²) in [4.78, 5) is 0.0331. The SMILES string of the molecule is Cc1cc(S(=O)(=O)NC(C)c2ccc3c(c2)OCCO3)ccc1F. The van der Waals surface area contributed by atoms with Gasteiger partial charge in [0.2, 0.25) is 10.0 Å². The third kappa shape index (κ3) is 3.37.